The maximum atomic E-state index is 2.52. The predicted octanol–water partition coefficient (Wildman–Crippen LogP) is 14.4. The number of unbranched alkanes of at least 4 members (excludes halogenated alkanes) is 26. The highest BCUT2D eigenvalue weighted by Gasteiger charge is 2.08. The number of hydrogen-bond acceptors (Lipinski definition) is 0. The van der Waals surface area contributed by atoms with Gasteiger partial charge in [0.25, 0.3) is 0 Å². The molecular formula is C37H76. The van der Waals surface area contributed by atoms with E-state index < -0.39 is 0 Å². The van der Waals surface area contributed by atoms with E-state index in [1.807, 2.05) is 0 Å². The van der Waals surface area contributed by atoms with Gasteiger partial charge in [-0.3, -0.25) is 0 Å². The smallest absolute Gasteiger partial charge is 0.0440 e. The zero-order valence-electron chi connectivity index (χ0n) is 27.1. The van der Waals surface area contributed by atoms with Crippen LogP contribution in [0.3, 0.4) is 0 Å². The van der Waals surface area contributed by atoms with Crippen molar-refractivity contribution in [2.45, 2.75) is 227 Å². The van der Waals surface area contributed by atoms with Crippen molar-refractivity contribution in [1.29, 1.82) is 0 Å². The van der Waals surface area contributed by atoms with Crippen molar-refractivity contribution in [3.63, 3.8) is 0 Å². The maximum absolute atomic E-state index is 2.52. The summed E-state index contributed by atoms with van der Waals surface area (Å²) >= 11 is 0. The summed E-state index contributed by atoms with van der Waals surface area (Å²) in [4.78, 5) is 0. The Morgan fingerprint density at radius 2 is 0.459 bits per heavy atom. The molecule has 0 aromatic carbocycles. The zero-order chi connectivity index (χ0) is 27.1. The Kier molecular flexibility index (Phi) is 32.2. The molecule has 0 N–H and O–H groups in total. The van der Waals surface area contributed by atoms with E-state index >= 15 is 0 Å². The lowest BCUT2D eigenvalue weighted by molar-refractivity contribution is 0.356. The molecule has 0 fully saturated rings. The van der Waals surface area contributed by atoms with Crippen LogP contribution in [0.1, 0.15) is 227 Å². The first-order valence-corrected chi connectivity index (χ1v) is 18.2. The Balaban J connectivity index is 3.26. The molecule has 0 rings (SSSR count). The molecule has 0 aliphatic carbocycles. The van der Waals surface area contributed by atoms with Crippen LogP contribution in [0.15, 0.2) is 0 Å². The van der Waals surface area contributed by atoms with E-state index in [0.29, 0.717) is 0 Å². The second kappa shape index (κ2) is 32.2. The lowest BCUT2D eigenvalue weighted by atomic mass is 9.89. The summed E-state index contributed by atoms with van der Waals surface area (Å²) in [7, 11) is 0. The highest BCUT2D eigenvalue weighted by molar-refractivity contribution is 4.61. The molecule has 2 unspecified atom stereocenters. The molecule has 37 heavy (non-hydrogen) atoms. The molecule has 0 amide bonds. The van der Waals surface area contributed by atoms with E-state index in [4.69, 9.17) is 0 Å². The van der Waals surface area contributed by atoms with E-state index in [2.05, 4.69) is 27.7 Å². The molecule has 0 heterocycles. The SMILES string of the molecule is CCCCCCCCCCCCCCCCCCC(C)CC(C)CCCCCCCCCCCCCC. The zero-order valence-corrected chi connectivity index (χ0v) is 27.1. The highest BCUT2D eigenvalue weighted by atomic mass is 14.1. The quantitative estimate of drug-likeness (QED) is 0.0773. The van der Waals surface area contributed by atoms with Crippen molar-refractivity contribution in [3.05, 3.63) is 0 Å². The summed E-state index contributed by atoms with van der Waals surface area (Å²) < 4.78 is 0. The second-order valence-electron chi connectivity index (χ2n) is 13.2. The standard InChI is InChI=1S/C37H76/c1-5-7-9-11-13-15-17-19-20-21-22-24-26-28-30-32-34-37(4)35-36(3)33-31-29-27-25-23-18-16-14-12-10-8-6-2/h36-37H,5-35H2,1-4H3. The monoisotopic (exact) mass is 521 g/mol. The van der Waals surface area contributed by atoms with Gasteiger partial charge >= 0.3 is 0 Å². The van der Waals surface area contributed by atoms with E-state index in [-0.39, 0.29) is 0 Å². The molecule has 0 radical (unpaired) electrons. The third-order valence-electron chi connectivity index (χ3n) is 8.91. The molecule has 0 aliphatic rings. The Morgan fingerprint density at radius 1 is 0.270 bits per heavy atom. The summed E-state index contributed by atoms with van der Waals surface area (Å²) in [6, 6.07) is 0. The van der Waals surface area contributed by atoms with Crippen LogP contribution in [0, 0.1) is 11.8 Å². The maximum Gasteiger partial charge on any atom is -0.0440 e. The lowest BCUT2D eigenvalue weighted by Crippen LogP contribution is -2.03. The van der Waals surface area contributed by atoms with Gasteiger partial charge in [0.15, 0.2) is 0 Å². The van der Waals surface area contributed by atoms with Gasteiger partial charge in [0, 0.05) is 0 Å². The Labute approximate surface area is 238 Å². The molecule has 0 aromatic heterocycles. The molecule has 224 valence electrons. The largest absolute Gasteiger partial charge is 0.0654 e. The van der Waals surface area contributed by atoms with Gasteiger partial charge in [0.05, 0.1) is 0 Å². The van der Waals surface area contributed by atoms with Crippen LogP contribution in [0.4, 0.5) is 0 Å². The highest BCUT2D eigenvalue weighted by Crippen LogP contribution is 2.23. The fraction of sp³-hybridized carbons (Fsp3) is 1.00. The van der Waals surface area contributed by atoms with Crippen LogP contribution in [0.5, 0.6) is 0 Å². The summed E-state index contributed by atoms with van der Waals surface area (Å²) in [5.41, 5.74) is 0. The summed E-state index contributed by atoms with van der Waals surface area (Å²) in [6.07, 6.45) is 45.6. The Morgan fingerprint density at radius 3 is 0.676 bits per heavy atom. The van der Waals surface area contributed by atoms with Crippen LogP contribution < -0.4 is 0 Å². The van der Waals surface area contributed by atoms with Crippen molar-refractivity contribution in [3.8, 4) is 0 Å². The van der Waals surface area contributed by atoms with Gasteiger partial charge < -0.3 is 0 Å². The van der Waals surface area contributed by atoms with Gasteiger partial charge in [-0.05, 0) is 18.3 Å². The van der Waals surface area contributed by atoms with E-state index in [1.54, 1.807) is 0 Å². The molecule has 0 spiro atoms. The molecule has 0 saturated heterocycles. The van der Waals surface area contributed by atoms with Crippen molar-refractivity contribution >= 4 is 0 Å². The second-order valence-corrected chi connectivity index (χ2v) is 13.2. The molecule has 0 aromatic rings. The first-order chi connectivity index (χ1) is 18.2. The minimum absolute atomic E-state index is 0.943. The van der Waals surface area contributed by atoms with E-state index in [0.717, 1.165) is 11.8 Å². The summed E-state index contributed by atoms with van der Waals surface area (Å²) in [6.45, 7) is 9.65. The van der Waals surface area contributed by atoms with Gasteiger partial charge in [-0.2, -0.15) is 0 Å². The first kappa shape index (κ1) is 37.0. The predicted molar refractivity (Wildman–Crippen MR) is 173 cm³/mol. The molecule has 0 saturated carbocycles. The van der Waals surface area contributed by atoms with Crippen LogP contribution in [0.2, 0.25) is 0 Å². The Bertz CT molecular complexity index is 385. The number of rotatable bonds is 32. The van der Waals surface area contributed by atoms with Crippen LogP contribution >= 0.6 is 0 Å². The van der Waals surface area contributed by atoms with Gasteiger partial charge in [-0.15, -0.1) is 0 Å². The average molecular weight is 521 g/mol. The fourth-order valence-corrected chi connectivity index (χ4v) is 6.30. The van der Waals surface area contributed by atoms with Crippen LogP contribution in [-0.2, 0) is 0 Å². The normalized spacial score (nSPS) is 13.3. The van der Waals surface area contributed by atoms with E-state index in [9.17, 15) is 0 Å². The fourth-order valence-electron chi connectivity index (χ4n) is 6.30. The summed E-state index contributed by atoms with van der Waals surface area (Å²) in [5, 5.41) is 0. The molecule has 0 aliphatic heterocycles. The third kappa shape index (κ3) is 32.1. The summed E-state index contributed by atoms with van der Waals surface area (Å²) in [5.74, 6) is 1.89. The van der Waals surface area contributed by atoms with Crippen molar-refractivity contribution in [2.24, 2.45) is 11.8 Å². The Hall–Kier alpha value is 0. The topological polar surface area (TPSA) is 0 Å². The van der Waals surface area contributed by atoms with Crippen LogP contribution in [0.25, 0.3) is 0 Å². The van der Waals surface area contributed by atoms with Gasteiger partial charge in [-0.1, -0.05) is 220 Å². The molecular weight excluding hydrogens is 444 g/mol. The van der Waals surface area contributed by atoms with Crippen molar-refractivity contribution in [1.82, 2.24) is 0 Å². The lowest BCUT2D eigenvalue weighted by Gasteiger charge is -2.17. The molecule has 0 nitrogen and oxygen atoms in total. The first-order valence-electron chi connectivity index (χ1n) is 18.2. The minimum atomic E-state index is 0.943. The van der Waals surface area contributed by atoms with Crippen LogP contribution in [-0.4, -0.2) is 0 Å². The average Bonchev–Trinajstić information content (AvgIpc) is 2.89. The van der Waals surface area contributed by atoms with E-state index in [1.165, 1.54) is 199 Å². The third-order valence-corrected chi connectivity index (χ3v) is 8.91. The molecule has 0 bridgehead atoms. The van der Waals surface area contributed by atoms with Crippen molar-refractivity contribution in [2.75, 3.05) is 0 Å². The van der Waals surface area contributed by atoms with Gasteiger partial charge in [0.1, 0.15) is 0 Å². The molecule has 2 atom stereocenters. The number of hydrogen-bond donors (Lipinski definition) is 0. The van der Waals surface area contributed by atoms with Gasteiger partial charge in [0.2, 0.25) is 0 Å². The van der Waals surface area contributed by atoms with Crippen molar-refractivity contribution < 1.29 is 0 Å². The minimum Gasteiger partial charge on any atom is -0.0654 e. The van der Waals surface area contributed by atoms with Gasteiger partial charge in [-0.25, -0.2) is 0 Å². The molecule has 0 heteroatoms.